The summed E-state index contributed by atoms with van der Waals surface area (Å²) in [6, 6.07) is 11.9. The Morgan fingerprint density at radius 3 is 2.20 bits per heavy atom. The number of rotatable bonds is 12. The van der Waals surface area contributed by atoms with Crippen LogP contribution in [0.25, 0.3) is 0 Å². The topological polar surface area (TPSA) is 86.8 Å². The Hall–Kier alpha value is -2.46. The van der Waals surface area contributed by atoms with Gasteiger partial charge in [0.2, 0.25) is 21.8 Å². The van der Waals surface area contributed by atoms with Gasteiger partial charge in [-0.15, -0.1) is 0 Å². The van der Waals surface area contributed by atoms with E-state index in [0.29, 0.717) is 5.69 Å². The zero-order valence-electron chi connectivity index (χ0n) is 20.5. The minimum absolute atomic E-state index is 0.0198. The molecule has 2 atom stereocenters. The van der Waals surface area contributed by atoms with E-state index in [9.17, 15) is 22.4 Å². The molecule has 10 heteroatoms. The predicted octanol–water partition coefficient (Wildman–Crippen LogP) is 4.47. The molecular formula is C25H33BrFN3O4S. The van der Waals surface area contributed by atoms with E-state index in [1.165, 1.54) is 29.2 Å². The van der Waals surface area contributed by atoms with Gasteiger partial charge in [0.25, 0.3) is 0 Å². The van der Waals surface area contributed by atoms with Crippen molar-refractivity contribution in [2.75, 3.05) is 17.1 Å². The van der Waals surface area contributed by atoms with Crippen molar-refractivity contribution >= 4 is 43.5 Å². The summed E-state index contributed by atoms with van der Waals surface area (Å²) >= 11 is 3.40. The normalized spacial score (nSPS) is 13.1. The van der Waals surface area contributed by atoms with Crippen molar-refractivity contribution in [3.63, 3.8) is 0 Å². The van der Waals surface area contributed by atoms with E-state index in [2.05, 4.69) is 21.2 Å². The van der Waals surface area contributed by atoms with Gasteiger partial charge in [-0.2, -0.15) is 0 Å². The van der Waals surface area contributed by atoms with E-state index in [-0.39, 0.29) is 43.8 Å². The van der Waals surface area contributed by atoms with Gasteiger partial charge in [0.1, 0.15) is 11.9 Å². The van der Waals surface area contributed by atoms with Gasteiger partial charge in [-0.05, 0) is 68.7 Å². The first-order chi connectivity index (χ1) is 16.4. The molecule has 0 bridgehead atoms. The first kappa shape index (κ1) is 28.8. The molecule has 0 aliphatic carbocycles. The molecular weight excluding hydrogens is 537 g/mol. The highest BCUT2D eigenvalue weighted by Crippen LogP contribution is 2.20. The number of hydrogen-bond acceptors (Lipinski definition) is 4. The summed E-state index contributed by atoms with van der Waals surface area (Å²) in [5, 5.41) is 2.92. The summed E-state index contributed by atoms with van der Waals surface area (Å²) in [5.41, 5.74) is 1.20. The molecule has 7 nitrogen and oxygen atoms in total. The van der Waals surface area contributed by atoms with Crippen molar-refractivity contribution in [3.8, 4) is 0 Å². The van der Waals surface area contributed by atoms with Gasteiger partial charge in [-0.3, -0.25) is 13.9 Å². The second-order valence-electron chi connectivity index (χ2n) is 8.56. The van der Waals surface area contributed by atoms with Gasteiger partial charge in [0.15, 0.2) is 0 Å². The number of halogens is 2. The van der Waals surface area contributed by atoms with Crippen LogP contribution in [0, 0.1) is 5.82 Å². The maximum Gasteiger partial charge on any atom is 0.242 e. The Labute approximate surface area is 215 Å². The molecule has 1 N–H and O–H groups in total. The number of nitrogens with one attached hydrogen (secondary N) is 1. The summed E-state index contributed by atoms with van der Waals surface area (Å²) in [5.74, 6) is -0.966. The van der Waals surface area contributed by atoms with E-state index in [1.807, 2.05) is 38.1 Å². The third-order valence-corrected chi connectivity index (χ3v) is 7.42. The van der Waals surface area contributed by atoms with Gasteiger partial charge in [0, 0.05) is 30.0 Å². The van der Waals surface area contributed by atoms with Crippen LogP contribution in [0.4, 0.5) is 10.1 Å². The first-order valence-corrected chi connectivity index (χ1v) is 14.1. The Kier molecular flexibility index (Phi) is 10.7. The average molecular weight is 571 g/mol. The molecule has 2 rings (SSSR count). The molecule has 0 saturated carbocycles. The van der Waals surface area contributed by atoms with Crippen molar-refractivity contribution in [2.24, 2.45) is 0 Å². The van der Waals surface area contributed by atoms with Gasteiger partial charge in [-0.25, -0.2) is 12.8 Å². The highest BCUT2D eigenvalue weighted by molar-refractivity contribution is 9.10. The zero-order chi connectivity index (χ0) is 26.2. The summed E-state index contributed by atoms with van der Waals surface area (Å²) < 4.78 is 39.9. The van der Waals surface area contributed by atoms with Crippen molar-refractivity contribution in [1.82, 2.24) is 10.2 Å². The molecule has 2 aromatic carbocycles. The largest absolute Gasteiger partial charge is 0.352 e. The third kappa shape index (κ3) is 8.92. The maximum atomic E-state index is 13.3. The van der Waals surface area contributed by atoms with E-state index >= 15 is 0 Å². The smallest absolute Gasteiger partial charge is 0.242 e. The fraction of sp³-hybridized carbons (Fsp3) is 0.440. The molecule has 0 aliphatic heterocycles. The molecule has 35 heavy (non-hydrogen) atoms. The second-order valence-corrected chi connectivity index (χ2v) is 11.4. The Balaban J connectivity index is 2.15. The summed E-state index contributed by atoms with van der Waals surface area (Å²) in [7, 11) is -3.63. The van der Waals surface area contributed by atoms with E-state index < -0.39 is 21.9 Å². The number of sulfonamides is 1. The summed E-state index contributed by atoms with van der Waals surface area (Å²) in [6.07, 6.45) is 2.12. The van der Waals surface area contributed by atoms with Gasteiger partial charge >= 0.3 is 0 Å². The molecule has 0 radical (unpaired) electrons. The molecule has 0 spiro atoms. The van der Waals surface area contributed by atoms with Crippen LogP contribution in [0.15, 0.2) is 53.0 Å². The molecule has 2 aromatic rings. The predicted molar refractivity (Wildman–Crippen MR) is 140 cm³/mol. The van der Waals surface area contributed by atoms with Crippen LogP contribution in [-0.2, 0) is 26.2 Å². The minimum atomic E-state index is -3.63. The van der Waals surface area contributed by atoms with E-state index in [0.717, 1.165) is 27.0 Å². The standard InChI is InChI=1S/C25H33BrFN3O4S/c1-5-18(2)28-25(32)19(3)29(17-20-8-10-21(26)11-9-20)24(31)7-6-16-30(35(4,33)34)23-14-12-22(27)13-15-23/h8-15,18-19H,5-7,16-17H2,1-4H3,(H,28,32)/t18-,19+/m1/s1. The molecule has 2 amide bonds. The number of carbonyl (C=O) groups is 2. The lowest BCUT2D eigenvalue weighted by Crippen LogP contribution is -2.49. The van der Waals surface area contributed by atoms with Gasteiger partial charge < -0.3 is 10.2 Å². The lowest BCUT2D eigenvalue weighted by atomic mass is 10.1. The molecule has 0 fully saturated rings. The number of amides is 2. The van der Waals surface area contributed by atoms with E-state index in [1.54, 1.807) is 6.92 Å². The number of benzene rings is 2. The quantitative estimate of drug-likeness (QED) is 0.408. The van der Waals surface area contributed by atoms with Crippen molar-refractivity contribution in [1.29, 1.82) is 0 Å². The third-order valence-electron chi connectivity index (χ3n) is 5.70. The van der Waals surface area contributed by atoms with Crippen LogP contribution in [-0.4, -0.2) is 50.0 Å². The number of carbonyl (C=O) groups excluding carboxylic acids is 2. The minimum Gasteiger partial charge on any atom is -0.352 e. The average Bonchev–Trinajstić information content (AvgIpc) is 2.80. The van der Waals surface area contributed by atoms with Crippen LogP contribution in [0.1, 0.15) is 45.6 Å². The molecule has 0 saturated heterocycles. The van der Waals surface area contributed by atoms with E-state index in [4.69, 9.17) is 0 Å². The molecule has 0 aliphatic rings. The van der Waals surface area contributed by atoms with Gasteiger partial charge in [-0.1, -0.05) is 35.0 Å². The Morgan fingerprint density at radius 2 is 1.66 bits per heavy atom. The van der Waals surface area contributed by atoms with Gasteiger partial charge in [0.05, 0.1) is 11.9 Å². The highest BCUT2D eigenvalue weighted by Gasteiger charge is 2.27. The van der Waals surface area contributed by atoms with Crippen molar-refractivity contribution in [2.45, 2.75) is 58.7 Å². The Morgan fingerprint density at radius 1 is 1.06 bits per heavy atom. The molecule has 0 heterocycles. The van der Waals surface area contributed by atoms with Crippen LogP contribution < -0.4 is 9.62 Å². The summed E-state index contributed by atoms with van der Waals surface area (Å²) in [4.78, 5) is 27.6. The van der Waals surface area contributed by atoms with Crippen LogP contribution in [0.2, 0.25) is 0 Å². The SMILES string of the molecule is CC[C@@H](C)NC(=O)[C@H](C)N(Cc1ccc(Br)cc1)C(=O)CCCN(c1ccc(F)cc1)S(C)(=O)=O. The van der Waals surface area contributed by atoms with Crippen molar-refractivity contribution < 1.29 is 22.4 Å². The monoisotopic (exact) mass is 569 g/mol. The lowest BCUT2D eigenvalue weighted by molar-refractivity contribution is -0.140. The van der Waals surface area contributed by atoms with Crippen molar-refractivity contribution in [3.05, 3.63) is 64.4 Å². The van der Waals surface area contributed by atoms with Crippen LogP contribution >= 0.6 is 15.9 Å². The lowest BCUT2D eigenvalue weighted by Gasteiger charge is -2.30. The zero-order valence-corrected chi connectivity index (χ0v) is 22.9. The molecule has 0 unspecified atom stereocenters. The number of anilines is 1. The fourth-order valence-electron chi connectivity index (χ4n) is 3.45. The fourth-order valence-corrected chi connectivity index (χ4v) is 4.68. The van der Waals surface area contributed by atoms with Crippen LogP contribution in [0.5, 0.6) is 0 Å². The molecule has 192 valence electrons. The molecule has 0 aromatic heterocycles. The Bertz CT molecular complexity index is 1090. The maximum absolute atomic E-state index is 13.3. The highest BCUT2D eigenvalue weighted by atomic mass is 79.9. The second kappa shape index (κ2) is 13.0. The first-order valence-electron chi connectivity index (χ1n) is 11.5. The summed E-state index contributed by atoms with van der Waals surface area (Å²) in [6.45, 7) is 5.86. The number of hydrogen-bond donors (Lipinski definition) is 1. The van der Waals surface area contributed by atoms with Crippen LogP contribution in [0.3, 0.4) is 0 Å². The number of nitrogens with zero attached hydrogens (tertiary/aromatic N) is 2.